The maximum absolute atomic E-state index is 5.32. The molecule has 116 valence electrons. The summed E-state index contributed by atoms with van der Waals surface area (Å²) in [5, 5.41) is 4.18. The lowest BCUT2D eigenvalue weighted by molar-refractivity contribution is -0.0946. The molecule has 2 rings (SSSR count). The Bertz CT molecular complexity index is 342. The summed E-state index contributed by atoms with van der Waals surface area (Å²) in [7, 11) is 0. The molecule has 0 spiro atoms. The van der Waals surface area contributed by atoms with Crippen LogP contribution >= 0.6 is 11.8 Å². The van der Waals surface area contributed by atoms with Crippen LogP contribution in [-0.2, 0) is 4.74 Å². The summed E-state index contributed by atoms with van der Waals surface area (Å²) >= 11 is 2.11. The van der Waals surface area contributed by atoms with Crippen LogP contribution in [0.15, 0.2) is 4.99 Å². The van der Waals surface area contributed by atoms with Gasteiger partial charge in [0.25, 0.3) is 0 Å². The van der Waals surface area contributed by atoms with Crippen LogP contribution < -0.4 is 5.32 Å². The van der Waals surface area contributed by atoms with Crippen molar-refractivity contribution in [3.8, 4) is 0 Å². The van der Waals surface area contributed by atoms with E-state index in [4.69, 9.17) is 9.73 Å². The number of rotatable bonds is 4. The zero-order chi connectivity index (χ0) is 14.6. The predicted octanol–water partition coefficient (Wildman–Crippen LogP) is 2.06. The smallest absolute Gasteiger partial charge is 0.194 e. The molecule has 0 aromatic heterocycles. The molecular weight excluding hydrogens is 270 g/mol. The molecule has 2 fully saturated rings. The van der Waals surface area contributed by atoms with Crippen molar-refractivity contribution < 1.29 is 4.74 Å². The number of nitrogens with zero attached hydrogens (tertiary/aromatic N) is 2. The normalized spacial score (nSPS) is 26.6. The third-order valence-corrected chi connectivity index (χ3v) is 5.52. The second-order valence-corrected chi connectivity index (χ2v) is 7.92. The van der Waals surface area contributed by atoms with Gasteiger partial charge in [-0.25, -0.2) is 0 Å². The highest BCUT2D eigenvalue weighted by Crippen LogP contribution is 2.27. The first kappa shape index (κ1) is 16.0. The summed E-state index contributed by atoms with van der Waals surface area (Å²) in [4.78, 5) is 7.30. The molecule has 1 atom stereocenters. The molecule has 4 nitrogen and oxygen atoms in total. The van der Waals surface area contributed by atoms with Crippen molar-refractivity contribution in [1.29, 1.82) is 0 Å². The standard InChI is InChI=1S/C15H29N3OS/c1-5-16-14(17-9-15(4)10-19-11-15)18-6-7-20-13(8-18)12(2)3/h12-13H,5-11H2,1-4H3,(H,16,17). The van der Waals surface area contributed by atoms with E-state index in [1.807, 2.05) is 0 Å². The second kappa shape index (κ2) is 7.03. The van der Waals surface area contributed by atoms with Crippen molar-refractivity contribution in [2.24, 2.45) is 16.3 Å². The number of aliphatic imine (C=N–C) groups is 1. The first-order valence-corrected chi connectivity index (χ1v) is 8.81. The monoisotopic (exact) mass is 299 g/mol. The van der Waals surface area contributed by atoms with E-state index in [0.29, 0.717) is 0 Å². The van der Waals surface area contributed by atoms with E-state index in [2.05, 4.69) is 49.7 Å². The zero-order valence-electron chi connectivity index (χ0n) is 13.3. The number of guanidine groups is 1. The Morgan fingerprint density at radius 3 is 2.80 bits per heavy atom. The molecule has 2 aliphatic rings. The van der Waals surface area contributed by atoms with Crippen LogP contribution in [0.2, 0.25) is 0 Å². The number of hydrogen-bond acceptors (Lipinski definition) is 3. The molecule has 1 N–H and O–H groups in total. The summed E-state index contributed by atoms with van der Waals surface area (Å²) < 4.78 is 5.32. The van der Waals surface area contributed by atoms with Crippen molar-refractivity contribution in [2.75, 3.05) is 45.1 Å². The Kier molecular flexibility index (Phi) is 5.61. The zero-order valence-corrected chi connectivity index (χ0v) is 14.1. The lowest BCUT2D eigenvalue weighted by atomic mass is 9.89. The van der Waals surface area contributed by atoms with Gasteiger partial charge in [0.2, 0.25) is 0 Å². The highest BCUT2D eigenvalue weighted by molar-refractivity contribution is 8.00. The van der Waals surface area contributed by atoms with Gasteiger partial charge in [-0.3, -0.25) is 4.99 Å². The molecule has 0 aliphatic carbocycles. The second-order valence-electron chi connectivity index (χ2n) is 6.57. The molecule has 0 amide bonds. The third kappa shape index (κ3) is 4.04. The lowest BCUT2D eigenvalue weighted by Crippen LogP contribution is -2.50. The molecule has 2 heterocycles. The third-order valence-electron chi connectivity index (χ3n) is 3.98. The fourth-order valence-electron chi connectivity index (χ4n) is 2.50. The van der Waals surface area contributed by atoms with E-state index in [0.717, 1.165) is 56.5 Å². The van der Waals surface area contributed by atoms with E-state index < -0.39 is 0 Å². The van der Waals surface area contributed by atoms with Gasteiger partial charge in [0.15, 0.2) is 5.96 Å². The minimum atomic E-state index is 0.253. The first-order valence-electron chi connectivity index (χ1n) is 7.77. The van der Waals surface area contributed by atoms with E-state index in [9.17, 15) is 0 Å². The molecule has 0 aromatic carbocycles. The SMILES string of the molecule is CCNC(=NCC1(C)COC1)N1CCSC(C(C)C)C1. The number of ether oxygens (including phenoxy) is 1. The van der Waals surface area contributed by atoms with Crippen LogP contribution in [0.5, 0.6) is 0 Å². The summed E-state index contributed by atoms with van der Waals surface area (Å²) in [5.41, 5.74) is 0.253. The number of hydrogen-bond donors (Lipinski definition) is 1. The topological polar surface area (TPSA) is 36.9 Å². The average Bonchev–Trinajstić information content (AvgIpc) is 2.41. The van der Waals surface area contributed by atoms with Gasteiger partial charge in [-0.15, -0.1) is 0 Å². The molecular formula is C15H29N3OS. The van der Waals surface area contributed by atoms with Crippen LogP contribution in [0.1, 0.15) is 27.7 Å². The fourth-order valence-corrected chi connectivity index (χ4v) is 3.80. The largest absolute Gasteiger partial charge is 0.380 e. The Balaban J connectivity index is 1.97. The van der Waals surface area contributed by atoms with Crippen molar-refractivity contribution in [1.82, 2.24) is 10.2 Å². The quantitative estimate of drug-likeness (QED) is 0.637. The van der Waals surface area contributed by atoms with Gasteiger partial charge in [0.1, 0.15) is 0 Å². The molecule has 2 aliphatic heterocycles. The summed E-state index contributed by atoms with van der Waals surface area (Å²) in [6, 6.07) is 0. The Morgan fingerprint density at radius 1 is 1.50 bits per heavy atom. The Labute approximate surface area is 127 Å². The molecule has 0 saturated carbocycles. The maximum atomic E-state index is 5.32. The summed E-state index contributed by atoms with van der Waals surface area (Å²) in [6.07, 6.45) is 0. The van der Waals surface area contributed by atoms with Crippen LogP contribution in [0.25, 0.3) is 0 Å². The van der Waals surface area contributed by atoms with Gasteiger partial charge < -0.3 is 15.0 Å². The van der Waals surface area contributed by atoms with Crippen LogP contribution in [0, 0.1) is 11.3 Å². The highest BCUT2D eigenvalue weighted by atomic mass is 32.2. The minimum Gasteiger partial charge on any atom is -0.380 e. The Morgan fingerprint density at radius 2 is 2.25 bits per heavy atom. The van der Waals surface area contributed by atoms with Gasteiger partial charge in [-0.1, -0.05) is 20.8 Å². The fraction of sp³-hybridized carbons (Fsp3) is 0.933. The molecule has 0 aromatic rings. The van der Waals surface area contributed by atoms with Crippen molar-refractivity contribution in [3.63, 3.8) is 0 Å². The van der Waals surface area contributed by atoms with E-state index in [1.54, 1.807) is 0 Å². The van der Waals surface area contributed by atoms with Gasteiger partial charge in [0.05, 0.1) is 19.8 Å². The van der Waals surface area contributed by atoms with Crippen LogP contribution in [0.4, 0.5) is 0 Å². The molecule has 0 radical (unpaired) electrons. The minimum absolute atomic E-state index is 0.253. The van der Waals surface area contributed by atoms with E-state index in [1.165, 1.54) is 5.75 Å². The summed E-state index contributed by atoms with van der Waals surface area (Å²) in [6.45, 7) is 14.7. The highest BCUT2D eigenvalue weighted by Gasteiger charge is 2.33. The van der Waals surface area contributed by atoms with E-state index >= 15 is 0 Å². The van der Waals surface area contributed by atoms with Crippen LogP contribution in [0.3, 0.4) is 0 Å². The van der Waals surface area contributed by atoms with Crippen molar-refractivity contribution >= 4 is 17.7 Å². The number of thioether (sulfide) groups is 1. The van der Waals surface area contributed by atoms with Gasteiger partial charge in [-0.05, 0) is 12.8 Å². The van der Waals surface area contributed by atoms with Crippen LogP contribution in [-0.4, -0.2) is 61.3 Å². The number of nitrogens with one attached hydrogen (secondary N) is 1. The summed E-state index contributed by atoms with van der Waals surface area (Å²) in [5.74, 6) is 3.02. The van der Waals surface area contributed by atoms with E-state index in [-0.39, 0.29) is 5.41 Å². The van der Waals surface area contributed by atoms with Gasteiger partial charge in [0, 0.05) is 36.1 Å². The molecule has 2 saturated heterocycles. The average molecular weight is 299 g/mol. The molecule has 5 heteroatoms. The Hall–Kier alpha value is -0.420. The molecule has 20 heavy (non-hydrogen) atoms. The lowest BCUT2D eigenvalue weighted by Gasteiger charge is -2.39. The van der Waals surface area contributed by atoms with Gasteiger partial charge >= 0.3 is 0 Å². The molecule has 1 unspecified atom stereocenters. The maximum Gasteiger partial charge on any atom is 0.194 e. The predicted molar refractivity (Wildman–Crippen MR) is 87.6 cm³/mol. The van der Waals surface area contributed by atoms with Gasteiger partial charge in [-0.2, -0.15) is 11.8 Å². The van der Waals surface area contributed by atoms with Crippen molar-refractivity contribution in [2.45, 2.75) is 32.9 Å². The van der Waals surface area contributed by atoms with Crippen molar-refractivity contribution in [3.05, 3.63) is 0 Å². The molecule has 0 bridgehead atoms. The first-order chi connectivity index (χ1) is 9.54.